The highest BCUT2D eigenvalue weighted by atomic mass is 32.2. The molecular formula is C16H25NO3S. The van der Waals surface area contributed by atoms with Crippen molar-refractivity contribution in [2.75, 3.05) is 11.5 Å². The lowest BCUT2D eigenvalue weighted by Crippen LogP contribution is -2.38. The first kappa shape index (κ1) is 16.3. The molecule has 0 saturated carbocycles. The summed E-state index contributed by atoms with van der Waals surface area (Å²) < 4.78 is 28.6. The fraction of sp³-hybridized carbons (Fsp3) is 0.625. The van der Waals surface area contributed by atoms with Crippen LogP contribution in [-0.2, 0) is 9.84 Å². The van der Waals surface area contributed by atoms with Crippen LogP contribution in [0.15, 0.2) is 24.3 Å². The van der Waals surface area contributed by atoms with Gasteiger partial charge < -0.3 is 10.1 Å². The summed E-state index contributed by atoms with van der Waals surface area (Å²) in [6.45, 7) is 6.13. The standard InChI is InChI=1S/C16H25NO3S/c1-12(2)20-16-6-4-5-14(11-16)13(3)17-15-7-9-21(18,19)10-8-15/h4-6,11-13,15,17H,7-10H2,1-3H3. The first-order valence-electron chi connectivity index (χ1n) is 7.59. The third-order valence-electron chi connectivity index (χ3n) is 3.77. The van der Waals surface area contributed by atoms with Crippen molar-refractivity contribution in [1.29, 1.82) is 0 Å². The minimum Gasteiger partial charge on any atom is -0.491 e. The molecule has 5 heteroatoms. The van der Waals surface area contributed by atoms with Crippen LogP contribution in [0.4, 0.5) is 0 Å². The monoisotopic (exact) mass is 311 g/mol. The second kappa shape index (κ2) is 6.79. The van der Waals surface area contributed by atoms with Gasteiger partial charge in [-0.2, -0.15) is 0 Å². The zero-order valence-corrected chi connectivity index (χ0v) is 13.8. The van der Waals surface area contributed by atoms with Gasteiger partial charge >= 0.3 is 0 Å². The molecule has 2 rings (SSSR count). The van der Waals surface area contributed by atoms with Crippen LogP contribution in [0.25, 0.3) is 0 Å². The van der Waals surface area contributed by atoms with E-state index in [1.807, 2.05) is 26.0 Å². The molecular weight excluding hydrogens is 286 g/mol. The van der Waals surface area contributed by atoms with Crippen LogP contribution in [0.3, 0.4) is 0 Å². The number of hydrogen-bond acceptors (Lipinski definition) is 4. The van der Waals surface area contributed by atoms with Crippen molar-refractivity contribution in [2.45, 2.75) is 51.8 Å². The van der Waals surface area contributed by atoms with Crippen LogP contribution in [0.2, 0.25) is 0 Å². The molecule has 1 aromatic carbocycles. The van der Waals surface area contributed by atoms with Crippen LogP contribution in [-0.4, -0.2) is 32.1 Å². The van der Waals surface area contributed by atoms with Gasteiger partial charge in [0.1, 0.15) is 15.6 Å². The first-order chi connectivity index (χ1) is 9.85. The molecule has 1 N–H and O–H groups in total. The largest absolute Gasteiger partial charge is 0.491 e. The molecule has 1 fully saturated rings. The summed E-state index contributed by atoms with van der Waals surface area (Å²) >= 11 is 0. The van der Waals surface area contributed by atoms with Crippen LogP contribution in [0, 0.1) is 0 Å². The maximum atomic E-state index is 11.5. The van der Waals surface area contributed by atoms with E-state index >= 15 is 0 Å². The van der Waals surface area contributed by atoms with Gasteiger partial charge in [0.05, 0.1) is 17.6 Å². The van der Waals surface area contributed by atoms with Crippen molar-refractivity contribution in [3.8, 4) is 5.75 Å². The first-order valence-corrected chi connectivity index (χ1v) is 9.41. The smallest absolute Gasteiger partial charge is 0.150 e. The predicted molar refractivity (Wildman–Crippen MR) is 85.4 cm³/mol. The zero-order chi connectivity index (χ0) is 15.5. The van der Waals surface area contributed by atoms with Crippen molar-refractivity contribution in [1.82, 2.24) is 5.32 Å². The summed E-state index contributed by atoms with van der Waals surface area (Å²) in [6, 6.07) is 8.55. The van der Waals surface area contributed by atoms with Crippen molar-refractivity contribution >= 4 is 9.84 Å². The molecule has 0 spiro atoms. The number of nitrogens with one attached hydrogen (secondary N) is 1. The molecule has 1 aliphatic heterocycles. The molecule has 1 saturated heterocycles. The molecule has 118 valence electrons. The minimum atomic E-state index is -2.80. The van der Waals surface area contributed by atoms with E-state index in [0.29, 0.717) is 24.3 Å². The van der Waals surface area contributed by atoms with E-state index in [1.165, 1.54) is 5.56 Å². The van der Waals surface area contributed by atoms with E-state index in [2.05, 4.69) is 24.4 Å². The van der Waals surface area contributed by atoms with Gasteiger partial charge in [-0.25, -0.2) is 8.42 Å². The minimum absolute atomic E-state index is 0.159. The molecule has 1 aliphatic rings. The highest BCUT2D eigenvalue weighted by molar-refractivity contribution is 7.91. The Morgan fingerprint density at radius 2 is 1.86 bits per heavy atom. The van der Waals surface area contributed by atoms with E-state index in [0.717, 1.165) is 5.75 Å². The molecule has 1 atom stereocenters. The highest BCUT2D eigenvalue weighted by Crippen LogP contribution is 2.22. The van der Waals surface area contributed by atoms with E-state index in [-0.39, 0.29) is 18.2 Å². The van der Waals surface area contributed by atoms with Crippen molar-refractivity contribution in [3.63, 3.8) is 0 Å². The number of rotatable bonds is 5. The van der Waals surface area contributed by atoms with Crippen LogP contribution in [0.1, 0.15) is 45.2 Å². The second-order valence-electron chi connectivity index (χ2n) is 6.05. The molecule has 1 unspecified atom stereocenters. The van der Waals surface area contributed by atoms with E-state index in [1.54, 1.807) is 0 Å². The van der Waals surface area contributed by atoms with Gasteiger partial charge in [-0.1, -0.05) is 12.1 Å². The maximum Gasteiger partial charge on any atom is 0.150 e. The highest BCUT2D eigenvalue weighted by Gasteiger charge is 2.24. The Morgan fingerprint density at radius 3 is 2.48 bits per heavy atom. The fourth-order valence-corrected chi connectivity index (χ4v) is 4.13. The van der Waals surface area contributed by atoms with Gasteiger partial charge in [0, 0.05) is 12.1 Å². The lowest BCUT2D eigenvalue weighted by atomic mass is 10.0. The molecule has 4 nitrogen and oxygen atoms in total. The molecule has 0 aromatic heterocycles. The number of ether oxygens (including phenoxy) is 1. The van der Waals surface area contributed by atoms with Crippen LogP contribution in [0.5, 0.6) is 5.75 Å². The summed E-state index contributed by atoms with van der Waals surface area (Å²) in [7, 11) is -2.80. The summed E-state index contributed by atoms with van der Waals surface area (Å²) in [4.78, 5) is 0. The van der Waals surface area contributed by atoms with Crippen LogP contribution >= 0.6 is 0 Å². The molecule has 0 radical (unpaired) electrons. The quantitative estimate of drug-likeness (QED) is 0.908. The summed E-state index contributed by atoms with van der Waals surface area (Å²) in [5, 5.41) is 3.53. The Bertz CT molecular complexity index is 555. The molecule has 1 aromatic rings. The molecule has 21 heavy (non-hydrogen) atoms. The van der Waals surface area contributed by atoms with E-state index < -0.39 is 9.84 Å². The van der Waals surface area contributed by atoms with Crippen molar-refractivity contribution in [2.24, 2.45) is 0 Å². The summed E-state index contributed by atoms with van der Waals surface area (Å²) in [6.07, 6.45) is 1.57. The predicted octanol–water partition coefficient (Wildman–Crippen LogP) is 2.70. The lowest BCUT2D eigenvalue weighted by molar-refractivity contribution is 0.242. The average Bonchev–Trinajstić information content (AvgIpc) is 2.41. The third-order valence-corrected chi connectivity index (χ3v) is 5.49. The van der Waals surface area contributed by atoms with Crippen molar-refractivity contribution in [3.05, 3.63) is 29.8 Å². The number of benzene rings is 1. The van der Waals surface area contributed by atoms with Crippen molar-refractivity contribution < 1.29 is 13.2 Å². The topological polar surface area (TPSA) is 55.4 Å². The van der Waals surface area contributed by atoms with Gasteiger partial charge in [0.2, 0.25) is 0 Å². The summed E-state index contributed by atoms with van der Waals surface area (Å²) in [5.41, 5.74) is 1.17. The molecule has 0 amide bonds. The molecule has 0 bridgehead atoms. The SMILES string of the molecule is CC(C)Oc1cccc(C(C)NC2CCS(=O)(=O)CC2)c1. The lowest BCUT2D eigenvalue weighted by Gasteiger charge is -2.27. The van der Waals surface area contributed by atoms with Gasteiger partial charge in [0.15, 0.2) is 0 Å². The zero-order valence-electron chi connectivity index (χ0n) is 13.0. The average molecular weight is 311 g/mol. The van der Waals surface area contributed by atoms with Gasteiger partial charge in [0.25, 0.3) is 0 Å². The Morgan fingerprint density at radius 1 is 1.19 bits per heavy atom. The Labute approximate surface area is 127 Å². The van der Waals surface area contributed by atoms with E-state index in [9.17, 15) is 8.42 Å². The van der Waals surface area contributed by atoms with Gasteiger partial charge in [-0.3, -0.25) is 0 Å². The van der Waals surface area contributed by atoms with Gasteiger partial charge in [-0.05, 0) is 51.3 Å². The Balaban J connectivity index is 1.95. The second-order valence-corrected chi connectivity index (χ2v) is 8.36. The van der Waals surface area contributed by atoms with E-state index in [4.69, 9.17) is 4.74 Å². The summed E-state index contributed by atoms with van der Waals surface area (Å²) in [5.74, 6) is 1.48. The maximum absolute atomic E-state index is 11.5. The third kappa shape index (κ3) is 5.00. The Hall–Kier alpha value is -1.07. The number of hydrogen-bond donors (Lipinski definition) is 1. The van der Waals surface area contributed by atoms with Crippen LogP contribution < -0.4 is 10.1 Å². The number of sulfone groups is 1. The van der Waals surface area contributed by atoms with Gasteiger partial charge in [-0.15, -0.1) is 0 Å². The Kier molecular flexibility index (Phi) is 5.27. The normalized spacial score (nSPS) is 20.4. The molecule has 0 aliphatic carbocycles. The molecule has 1 heterocycles. The fourth-order valence-electron chi connectivity index (χ4n) is 2.64.